The molecule has 0 aliphatic heterocycles. The summed E-state index contributed by atoms with van der Waals surface area (Å²) in [6.07, 6.45) is 0. The number of sulfonamides is 1. The maximum absolute atomic E-state index is 12.6. The molecule has 0 radical (unpaired) electrons. The SMILES string of the molecule is Cc1ccc(NS(=O)(=O)c2ccc(NC(=O)c3ccc([N+](=O)[O-])cc3Cl)cc2)cc1C. The van der Waals surface area contributed by atoms with Gasteiger partial charge in [-0.25, -0.2) is 8.42 Å². The lowest BCUT2D eigenvalue weighted by atomic mass is 10.1. The molecule has 3 aromatic rings. The first-order valence-corrected chi connectivity index (χ1v) is 10.9. The molecule has 0 saturated heterocycles. The predicted octanol–water partition coefficient (Wildman–Crippen LogP) is 4.92. The first-order chi connectivity index (χ1) is 14.6. The van der Waals surface area contributed by atoms with Crippen molar-refractivity contribution in [3.05, 3.63) is 92.5 Å². The number of nitro groups is 1. The van der Waals surface area contributed by atoms with Gasteiger partial charge in [0.1, 0.15) is 0 Å². The number of nitrogens with one attached hydrogen (secondary N) is 2. The second-order valence-corrected chi connectivity index (χ2v) is 8.89. The molecule has 2 N–H and O–H groups in total. The number of hydrogen-bond acceptors (Lipinski definition) is 5. The Bertz CT molecular complexity index is 1270. The maximum atomic E-state index is 12.6. The van der Waals surface area contributed by atoms with E-state index in [1.807, 2.05) is 19.9 Å². The fraction of sp³-hybridized carbons (Fsp3) is 0.0952. The van der Waals surface area contributed by atoms with Crippen molar-refractivity contribution in [2.75, 3.05) is 10.0 Å². The van der Waals surface area contributed by atoms with Crippen LogP contribution in [-0.2, 0) is 10.0 Å². The van der Waals surface area contributed by atoms with Crippen LogP contribution >= 0.6 is 11.6 Å². The minimum absolute atomic E-state index is 0.0251. The number of nitro benzene ring substituents is 1. The highest BCUT2D eigenvalue weighted by atomic mass is 35.5. The van der Waals surface area contributed by atoms with Crippen LogP contribution in [0.2, 0.25) is 5.02 Å². The van der Waals surface area contributed by atoms with Crippen molar-refractivity contribution < 1.29 is 18.1 Å². The van der Waals surface area contributed by atoms with Crippen LogP contribution in [0.25, 0.3) is 0 Å². The molecule has 160 valence electrons. The lowest BCUT2D eigenvalue weighted by molar-refractivity contribution is -0.384. The molecule has 0 aromatic heterocycles. The van der Waals surface area contributed by atoms with E-state index in [0.29, 0.717) is 11.4 Å². The molecule has 0 fully saturated rings. The highest BCUT2D eigenvalue weighted by Crippen LogP contribution is 2.24. The number of carbonyl (C=O) groups is 1. The van der Waals surface area contributed by atoms with Crippen molar-refractivity contribution in [3.63, 3.8) is 0 Å². The lowest BCUT2D eigenvalue weighted by Crippen LogP contribution is -2.14. The van der Waals surface area contributed by atoms with Gasteiger partial charge >= 0.3 is 0 Å². The second kappa shape index (κ2) is 8.75. The smallest absolute Gasteiger partial charge is 0.270 e. The molecule has 1 amide bonds. The molecule has 0 atom stereocenters. The zero-order valence-electron chi connectivity index (χ0n) is 16.5. The number of hydrogen-bond donors (Lipinski definition) is 2. The van der Waals surface area contributed by atoms with Gasteiger partial charge in [-0.15, -0.1) is 0 Å². The normalized spacial score (nSPS) is 11.1. The molecule has 31 heavy (non-hydrogen) atoms. The van der Waals surface area contributed by atoms with Gasteiger partial charge in [-0.2, -0.15) is 0 Å². The van der Waals surface area contributed by atoms with Gasteiger partial charge in [-0.3, -0.25) is 19.6 Å². The first-order valence-electron chi connectivity index (χ1n) is 9.02. The molecule has 0 spiro atoms. The molecule has 0 heterocycles. The zero-order chi connectivity index (χ0) is 22.8. The molecule has 0 aliphatic carbocycles. The third-order valence-corrected chi connectivity index (χ3v) is 6.30. The Balaban J connectivity index is 1.74. The first kappa shape index (κ1) is 22.3. The Morgan fingerprint density at radius 2 is 1.58 bits per heavy atom. The number of aryl methyl sites for hydroxylation is 2. The van der Waals surface area contributed by atoms with E-state index in [0.717, 1.165) is 17.2 Å². The number of halogens is 1. The standard InChI is InChI=1S/C21H18ClN3O5S/c1-13-3-4-16(11-14(13)2)24-31(29,30)18-8-5-15(6-9-18)23-21(26)19-10-7-17(25(27)28)12-20(19)22/h3-12,24H,1-2H3,(H,23,26). The van der Waals surface area contributed by atoms with Crippen molar-refractivity contribution in [2.24, 2.45) is 0 Å². The van der Waals surface area contributed by atoms with Gasteiger partial charge in [0, 0.05) is 23.5 Å². The predicted molar refractivity (Wildman–Crippen MR) is 119 cm³/mol. The summed E-state index contributed by atoms with van der Waals surface area (Å²) in [5, 5.41) is 13.3. The van der Waals surface area contributed by atoms with Gasteiger partial charge < -0.3 is 5.32 Å². The molecule has 3 aromatic carbocycles. The summed E-state index contributed by atoms with van der Waals surface area (Å²) in [5.41, 5.74) is 2.63. The van der Waals surface area contributed by atoms with Gasteiger partial charge in [0.2, 0.25) is 0 Å². The van der Waals surface area contributed by atoms with Crippen molar-refractivity contribution >= 4 is 44.6 Å². The summed E-state index contributed by atoms with van der Waals surface area (Å²) < 4.78 is 27.7. The Morgan fingerprint density at radius 3 is 2.16 bits per heavy atom. The summed E-state index contributed by atoms with van der Waals surface area (Å²) in [5.74, 6) is -0.580. The Hall–Kier alpha value is -3.43. The molecule has 3 rings (SSSR count). The van der Waals surface area contributed by atoms with Crippen LogP contribution in [0.5, 0.6) is 0 Å². The highest BCUT2D eigenvalue weighted by molar-refractivity contribution is 7.92. The number of anilines is 2. The fourth-order valence-corrected chi connectivity index (χ4v) is 4.05. The third-order valence-electron chi connectivity index (χ3n) is 4.59. The molecular formula is C21H18ClN3O5S. The number of rotatable bonds is 6. The van der Waals surface area contributed by atoms with E-state index in [1.165, 1.54) is 36.4 Å². The lowest BCUT2D eigenvalue weighted by Gasteiger charge is -2.11. The van der Waals surface area contributed by atoms with E-state index in [-0.39, 0.29) is 21.2 Å². The number of amides is 1. The van der Waals surface area contributed by atoms with E-state index in [4.69, 9.17) is 11.6 Å². The zero-order valence-corrected chi connectivity index (χ0v) is 18.1. The van der Waals surface area contributed by atoms with E-state index in [1.54, 1.807) is 12.1 Å². The Morgan fingerprint density at radius 1 is 0.935 bits per heavy atom. The van der Waals surface area contributed by atoms with E-state index in [2.05, 4.69) is 10.0 Å². The topological polar surface area (TPSA) is 118 Å². The second-order valence-electron chi connectivity index (χ2n) is 6.80. The summed E-state index contributed by atoms with van der Waals surface area (Å²) in [6, 6.07) is 14.4. The van der Waals surface area contributed by atoms with Crippen LogP contribution < -0.4 is 10.0 Å². The molecule has 0 bridgehead atoms. The molecular weight excluding hydrogens is 442 g/mol. The molecule has 0 saturated carbocycles. The highest BCUT2D eigenvalue weighted by Gasteiger charge is 2.17. The van der Waals surface area contributed by atoms with Crippen molar-refractivity contribution in [2.45, 2.75) is 18.7 Å². The van der Waals surface area contributed by atoms with E-state index < -0.39 is 20.9 Å². The average Bonchev–Trinajstić information content (AvgIpc) is 2.70. The van der Waals surface area contributed by atoms with Crippen LogP contribution in [0.4, 0.5) is 17.1 Å². The molecule has 0 aliphatic rings. The minimum Gasteiger partial charge on any atom is -0.322 e. The maximum Gasteiger partial charge on any atom is 0.270 e. The minimum atomic E-state index is -3.81. The van der Waals surface area contributed by atoms with Crippen LogP contribution in [0.1, 0.15) is 21.5 Å². The summed E-state index contributed by atoms with van der Waals surface area (Å²) in [6.45, 7) is 3.83. The van der Waals surface area contributed by atoms with Gasteiger partial charge in [0.05, 0.1) is 20.4 Å². The fourth-order valence-electron chi connectivity index (χ4n) is 2.74. The summed E-state index contributed by atoms with van der Waals surface area (Å²) in [7, 11) is -3.81. The summed E-state index contributed by atoms with van der Waals surface area (Å²) in [4.78, 5) is 22.6. The van der Waals surface area contributed by atoms with Gasteiger partial charge in [0.25, 0.3) is 21.6 Å². The van der Waals surface area contributed by atoms with Crippen LogP contribution in [0, 0.1) is 24.0 Å². The molecule has 8 nitrogen and oxygen atoms in total. The number of carbonyl (C=O) groups excluding carboxylic acids is 1. The number of benzene rings is 3. The van der Waals surface area contributed by atoms with Crippen LogP contribution in [-0.4, -0.2) is 19.2 Å². The van der Waals surface area contributed by atoms with Crippen molar-refractivity contribution in [1.82, 2.24) is 0 Å². The van der Waals surface area contributed by atoms with Gasteiger partial charge in [-0.1, -0.05) is 17.7 Å². The number of non-ortho nitro benzene ring substituents is 1. The largest absolute Gasteiger partial charge is 0.322 e. The molecule has 10 heteroatoms. The van der Waals surface area contributed by atoms with Crippen molar-refractivity contribution in [1.29, 1.82) is 0 Å². The van der Waals surface area contributed by atoms with Gasteiger partial charge in [-0.05, 0) is 67.4 Å². The van der Waals surface area contributed by atoms with Crippen LogP contribution in [0.15, 0.2) is 65.6 Å². The van der Waals surface area contributed by atoms with E-state index >= 15 is 0 Å². The number of nitrogens with zero attached hydrogens (tertiary/aromatic N) is 1. The van der Waals surface area contributed by atoms with Crippen molar-refractivity contribution in [3.8, 4) is 0 Å². The third kappa shape index (κ3) is 5.19. The monoisotopic (exact) mass is 459 g/mol. The average molecular weight is 460 g/mol. The van der Waals surface area contributed by atoms with Crippen LogP contribution in [0.3, 0.4) is 0 Å². The molecule has 0 unspecified atom stereocenters. The quantitative estimate of drug-likeness (QED) is 0.400. The Kier molecular flexibility index (Phi) is 6.28. The summed E-state index contributed by atoms with van der Waals surface area (Å²) >= 11 is 5.96. The van der Waals surface area contributed by atoms with E-state index in [9.17, 15) is 23.3 Å². The van der Waals surface area contributed by atoms with Gasteiger partial charge in [0.15, 0.2) is 0 Å². The Labute approximate surface area is 184 Å².